The zero-order valence-electron chi connectivity index (χ0n) is 12.4. The molecule has 0 saturated heterocycles. The molecule has 126 valence electrons. The number of nitrogens with zero attached hydrogens (tertiary/aromatic N) is 1. The van der Waals surface area contributed by atoms with E-state index in [2.05, 4.69) is 0 Å². The van der Waals surface area contributed by atoms with E-state index in [1.165, 1.54) is 18.2 Å². The second-order valence-electron chi connectivity index (χ2n) is 5.42. The summed E-state index contributed by atoms with van der Waals surface area (Å²) in [6, 6.07) is 14.3. The van der Waals surface area contributed by atoms with Crippen molar-refractivity contribution in [2.45, 2.75) is 18.0 Å². The van der Waals surface area contributed by atoms with Gasteiger partial charge in [-0.2, -0.15) is 21.6 Å². The smallest absolute Gasteiger partial charge is 0.255 e. The molecule has 3 rings (SSSR count). The molecule has 0 fully saturated rings. The first-order valence-corrected chi connectivity index (χ1v) is 8.66. The second-order valence-corrected chi connectivity index (χ2v) is 7.22. The fraction of sp³-hybridized carbons (Fsp3) is 0.176. The lowest BCUT2D eigenvalue weighted by molar-refractivity contribution is -0.0439. The lowest BCUT2D eigenvalue weighted by Crippen LogP contribution is -2.44. The van der Waals surface area contributed by atoms with Crippen LogP contribution < -0.4 is 4.31 Å². The molecular formula is C17H14F3NO2S. The van der Waals surface area contributed by atoms with Gasteiger partial charge in [0.25, 0.3) is 0 Å². The maximum atomic E-state index is 13.1. The van der Waals surface area contributed by atoms with Crippen molar-refractivity contribution in [2.75, 3.05) is 4.31 Å². The van der Waals surface area contributed by atoms with Gasteiger partial charge in [0.2, 0.25) is 0 Å². The minimum absolute atomic E-state index is 0.0811. The largest absolute Gasteiger partial charge is 0.516 e. The van der Waals surface area contributed by atoms with Gasteiger partial charge in [-0.15, -0.1) is 0 Å². The Morgan fingerprint density at radius 3 is 2.29 bits per heavy atom. The van der Waals surface area contributed by atoms with Crippen LogP contribution in [-0.2, 0) is 16.4 Å². The molecule has 1 heterocycles. The number of sulfonamides is 1. The first kappa shape index (κ1) is 16.6. The van der Waals surface area contributed by atoms with Gasteiger partial charge in [0.05, 0.1) is 11.7 Å². The highest BCUT2D eigenvalue weighted by Gasteiger charge is 2.53. The van der Waals surface area contributed by atoms with Gasteiger partial charge in [0, 0.05) is 0 Å². The summed E-state index contributed by atoms with van der Waals surface area (Å²) < 4.78 is 63.7. The SMILES string of the molecule is O=S(=O)(N1c2ccccc2C[C@H]1/C=C/c1ccccc1)C(F)(F)F. The molecule has 1 atom stereocenters. The van der Waals surface area contributed by atoms with E-state index in [9.17, 15) is 21.6 Å². The molecule has 0 aromatic heterocycles. The molecule has 0 saturated carbocycles. The van der Waals surface area contributed by atoms with Crippen LogP contribution in [-0.4, -0.2) is 20.0 Å². The third kappa shape index (κ3) is 2.91. The van der Waals surface area contributed by atoms with Crippen LogP contribution in [0.1, 0.15) is 11.1 Å². The number of anilines is 1. The van der Waals surface area contributed by atoms with E-state index < -0.39 is 21.6 Å². The number of alkyl halides is 3. The Labute approximate surface area is 138 Å². The summed E-state index contributed by atoms with van der Waals surface area (Å²) in [4.78, 5) is 0. The molecule has 2 aromatic carbocycles. The standard InChI is InChI=1S/C17H14F3NO2S/c18-17(19,20)24(22,23)21-15(11-10-13-6-2-1-3-7-13)12-14-8-4-5-9-16(14)21/h1-11,15H,12H2/b11-10+/t15-/m1/s1. The highest BCUT2D eigenvalue weighted by Crippen LogP contribution is 2.40. The molecule has 0 N–H and O–H groups in total. The molecule has 24 heavy (non-hydrogen) atoms. The van der Waals surface area contributed by atoms with Crippen molar-refractivity contribution in [1.29, 1.82) is 0 Å². The highest BCUT2D eigenvalue weighted by molar-refractivity contribution is 7.93. The Morgan fingerprint density at radius 2 is 1.62 bits per heavy atom. The fourth-order valence-corrected chi connectivity index (χ4v) is 3.90. The van der Waals surface area contributed by atoms with Crippen LogP contribution >= 0.6 is 0 Å². The van der Waals surface area contributed by atoms with E-state index in [1.807, 2.05) is 6.07 Å². The van der Waals surface area contributed by atoms with Crippen molar-refractivity contribution < 1.29 is 21.6 Å². The lowest BCUT2D eigenvalue weighted by Gasteiger charge is -2.25. The molecule has 0 aliphatic carbocycles. The minimum atomic E-state index is -5.46. The highest BCUT2D eigenvalue weighted by atomic mass is 32.2. The Bertz CT molecular complexity index is 861. The van der Waals surface area contributed by atoms with Gasteiger partial charge in [-0.05, 0) is 23.6 Å². The van der Waals surface area contributed by atoms with Gasteiger partial charge in [0.1, 0.15) is 0 Å². The van der Waals surface area contributed by atoms with E-state index in [0.717, 1.165) is 5.56 Å². The summed E-state index contributed by atoms with van der Waals surface area (Å²) in [6.07, 6.45) is 3.34. The third-order valence-electron chi connectivity index (χ3n) is 3.82. The lowest BCUT2D eigenvalue weighted by atomic mass is 10.1. The minimum Gasteiger partial charge on any atom is -0.255 e. The molecule has 0 amide bonds. The van der Waals surface area contributed by atoms with Gasteiger partial charge < -0.3 is 0 Å². The van der Waals surface area contributed by atoms with Crippen molar-refractivity contribution in [2.24, 2.45) is 0 Å². The molecule has 0 radical (unpaired) electrons. The van der Waals surface area contributed by atoms with E-state index in [1.54, 1.807) is 42.5 Å². The van der Waals surface area contributed by atoms with Crippen LogP contribution in [0.2, 0.25) is 0 Å². The zero-order chi connectivity index (χ0) is 17.4. The van der Waals surface area contributed by atoms with Crippen LogP contribution in [0.25, 0.3) is 6.08 Å². The molecule has 3 nitrogen and oxygen atoms in total. The molecule has 1 aliphatic rings. The Morgan fingerprint density at radius 1 is 1.00 bits per heavy atom. The number of rotatable bonds is 3. The Balaban J connectivity index is 2.02. The van der Waals surface area contributed by atoms with Crippen molar-refractivity contribution in [1.82, 2.24) is 0 Å². The average molecular weight is 353 g/mol. The average Bonchev–Trinajstić information content (AvgIpc) is 2.91. The second kappa shape index (κ2) is 5.98. The number of halogens is 3. The van der Waals surface area contributed by atoms with Crippen molar-refractivity contribution in [3.8, 4) is 0 Å². The maximum Gasteiger partial charge on any atom is 0.516 e. The van der Waals surface area contributed by atoms with Gasteiger partial charge >= 0.3 is 15.5 Å². The summed E-state index contributed by atoms with van der Waals surface area (Å²) >= 11 is 0. The van der Waals surface area contributed by atoms with Gasteiger partial charge in [-0.25, -0.2) is 0 Å². The maximum absolute atomic E-state index is 13.1. The molecule has 0 unspecified atom stereocenters. The van der Waals surface area contributed by atoms with Crippen LogP contribution in [0.15, 0.2) is 60.7 Å². The predicted molar refractivity (Wildman–Crippen MR) is 86.9 cm³/mol. The van der Waals surface area contributed by atoms with Gasteiger partial charge in [-0.3, -0.25) is 4.31 Å². The Hall–Kier alpha value is -2.28. The quantitative estimate of drug-likeness (QED) is 0.837. The van der Waals surface area contributed by atoms with Crippen LogP contribution in [0.4, 0.5) is 18.9 Å². The molecule has 2 aromatic rings. The number of hydrogen-bond donors (Lipinski definition) is 0. The first-order chi connectivity index (χ1) is 11.3. The third-order valence-corrected chi connectivity index (χ3v) is 5.39. The Kier molecular flexibility index (Phi) is 4.13. The monoisotopic (exact) mass is 353 g/mol. The summed E-state index contributed by atoms with van der Waals surface area (Å²) in [5.41, 5.74) is -3.90. The van der Waals surface area contributed by atoms with Crippen molar-refractivity contribution >= 4 is 21.8 Å². The first-order valence-electron chi connectivity index (χ1n) is 7.22. The van der Waals surface area contributed by atoms with E-state index in [0.29, 0.717) is 9.87 Å². The summed E-state index contributed by atoms with van der Waals surface area (Å²) in [5.74, 6) is 0. The molecular weight excluding hydrogens is 339 g/mol. The predicted octanol–water partition coefficient (Wildman–Crippen LogP) is 3.98. The molecule has 0 bridgehead atoms. The topological polar surface area (TPSA) is 37.4 Å². The summed E-state index contributed by atoms with van der Waals surface area (Å²) in [6.45, 7) is 0. The van der Waals surface area contributed by atoms with Crippen molar-refractivity contribution in [3.05, 3.63) is 71.8 Å². The van der Waals surface area contributed by atoms with Crippen LogP contribution in [0.3, 0.4) is 0 Å². The zero-order valence-corrected chi connectivity index (χ0v) is 13.3. The van der Waals surface area contributed by atoms with E-state index in [-0.39, 0.29) is 12.1 Å². The van der Waals surface area contributed by atoms with Crippen LogP contribution in [0.5, 0.6) is 0 Å². The molecule has 0 spiro atoms. The normalized spacial score (nSPS) is 18.1. The summed E-state index contributed by atoms with van der Waals surface area (Å²) in [7, 11) is -5.46. The molecule has 7 heteroatoms. The van der Waals surface area contributed by atoms with E-state index in [4.69, 9.17) is 0 Å². The molecule has 1 aliphatic heterocycles. The number of benzene rings is 2. The number of fused-ring (bicyclic) bond motifs is 1. The van der Waals surface area contributed by atoms with Crippen molar-refractivity contribution in [3.63, 3.8) is 0 Å². The van der Waals surface area contributed by atoms with Gasteiger partial charge in [-0.1, -0.05) is 60.7 Å². The number of hydrogen-bond acceptors (Lipinski definition) is 2. The van der Waals surface area contributed by atoms with E-state index >= 15 is 0 Å². The van der Waals surface area contributed by atoms with Gasteiger partial charge in [0.15, 0.2) is 0 Å². The van der Waals surface area contributed by atoms with Crippen LogP contribution in [0, 0.1) is 0 Å². The number of para-hydroxylation sites is 1. The summed E-state index contributed by atoms with van der Waals surface area (Å²) in [5, 5.41) is 0. The fourth-order valence-electron chi connectivity index (χ4n) is 2.74.